The number of aliphatic hydroxyl groups is 1. The summed E-state index contributed by atoms with van der Waals surface area (Å²) in [5.41, 5.74) is 4.84. The molecule has 1 heterocycles. The summed E-state index contributed by atoms with van der Waals surface area (Å²) in [6, 6.07) is 10.5. The lowest BCUT2D eigenvalue weighted by Gasteiger charge is -1.99. The zero-order chi connectivity index (χ0) is 12.1. The van der Waals surface area contributed by atoms with E-state index in [1.54, 1.807) is 11.3 Å². The summed E-state index contributed by atoms with van der Waals surface area (Å²) < 4.78 is 2.30. The number of thiazole rings is 1. The highest BCUT2D eigenvalue weighted by Gasteiger charge is 2.17. The van der Waals surface area contributed by atoms with Crippen molar-refractivity contribution in [3.05, 3.63) is 52.0 Å². The fourth-order valence-electron chi connectivity index (χ4n) is 2.04. The molecule has 0 aliphatic rings. The second-order valence-corrected chi connectivity index (χ2v) is 4.97. The molecular formula is C14H18ClNOS. The number of hydrogen-bond acceptors (Lipinski definition) is 2. The molecule has 1 N–H and O–H groups in total. The van der Waals surface area contributed by atoms with E-state index in [9.17, 15) is 0 Å². The summed E-state index contributed by atoms with van der Waals surface area (Å²) in [6.45, 7) is 3.33. The summed E-state index contributed by atoms with van der Waals surface area (Å²) in [6.07, 6.45) is 1.79. The number of nitrogens with zero attached hydrogens (tertiary/aromatic N) is 1. The summed E-state index contributed by atoms with van der Waals surface area (Å²) in [7, 11) is 0. The Kier molecular flexibility index (Phi) is 6.33. The van der Waals surface area contributed by atoms with Gasteiger partial charge in [-0.25, -0.2) is 0 Å². The van der Waals surface area contributed by atoms with Gasteiger partial charge in [0.1, 0.15) is 0 Å². The van der Waals surface area contributed by atoms with E-state index in [1.165, 1.54) is 16.1 Å². The summed E-state index contributed by atoms with van der Waals surface area (Å²) in [4.78, 5) is 1.31. The number of rotatable bonds is 5. The molecule has 0 amide bonds. The molecular weight excluding hydrogens is 266 g/mol. The van der Waals surface area contributed by atoms with Crippen molar-refractivity contribution in [3.63, 3.8) is 0 Å². The van der Waals surface area contributed by atoms with Gasteiger partial charge in [0.25, 0.3) is 0 Å². The molecule has 0 saturated carbocycles. The normalized spacial score (nSPS) is 10.1. The minimum atomic E-state index is 0. The van der Waals surface area contributed by atoms with Crippen molar-refractivity contribution in [1.82, 2.24) is 0 Å². The van der Waals surface area contributed by atoms with Crippen molar-refractivity contribution >= 4 is 11.3 Å². The van der Waals surface area contributed by atoms with Gasteiger partial charge >= 0.3 is 0 Å². The van der Waals surface area contributed by atoms with Crippen molar-refractivity contribution in [2.24, 2.45) is 0 Å². The van der Waals surface area contributed by atoms with Crippen LogP contribution < -0.4 is 17.0 Å². The molecule has 0 aliphatic heterocycles. The maximum absolute atomic E-state index is 9.04. The zero-order valence-corrected chi connectivity index (χ0v) is 12.0. The van der Waals surface area contributed by atoms with Crippen LogP contribution in [0.25, 0.3) is 0 Å². The van der Waals surface area contributed by atoms with Crippen LogP contribution >= 0.6 is 11.3 Å². The van der Waals surface area contributed by atoms with E-state index in [0.29, 0.717) is 0 Å². The van der Waals surface area contributed by atoms with Crippen LogP contribution in [-0.4, -0.2) is 11.7 Å². The van der Waals surface area contributed by atoms with Crippen molar-refractivity contribution in [1.29, 1.82) is 0 Å². The molecule has 18 heavy (non-hydrogen) atoms. The van der Waals surface area contributed by atoms with Gasteiger partial charge in [0.15, 0.2) is 12.2 Å². The van der Waals surface area contributed by atoms with Crippen LogP contribution in [-0.2, 0) is 19.4 Å². The fourth-order valence-corrected chi connectivity index (χ4v) is 3.10. The highest BCUT2D eigenvalue weighted by Crippen LogP contribution is 2.14. The highest BCUT2D eigenvalue weighted by molar-refractivity contribution is 7.09. The monoisotopic (exact) mass is 283 g/mol. The first-order chi connectivity index (χ1) is 8.35. The minimum absolute atomic E-state index is 0. The minimum Gasteiger partial charge on any atom is -1.00 e. The molecule has 1 aromatic carbocycles. The van der Waals surface area contributed by atoms with Gasteiger partial charge in [0.2, 0.25) is 5.51 Å². The zero-order valence-electron chi connectivity index (χ0n) is 10.5. The summed E-state index contributed by atoms with van der Waals surface area (Å²) in [5, 5.41) is 9.04. The Morgan fingerprint density at radius 3 is 2.56 bits per heavy atom. The van der Waals surface area contributed by atoms with Crippen molar-refractivity contribution in [3.8, 4) is 0 Å². The van der Waals surface area contributed by atoms with Crippen molar-refractivity contribution < 1.29 is 22.1 Å². The lowest BCUT2D eigenvalue weighted by Crippen LogP contribution is -3.00. The Labute approximate surface area is 118 Å². The molecule has 0 radical (unpaired) electrons. The Balaban J connectivity index is 0.00000162. The van der Waals surface area contributed by atoms with Gasteiger partial charge in [-0.05, 0) is 0 Å². The molecule has 0 atom stereocenters. The number of halogens is 1. The molecule has 1 aromatic heterocycles. The maximum Gasteiger partial charge on any atom is 0.225 e. The molecule has 0 aliphatic carbocycles. The van der Waals surface area contributed by atoms with Gasteiger partial charge in [0.05, 0.1) is 4.88 Å². The van der Waals surface area contributed by atoms with Crippen LogP contribution in [0.5, 0.6) is 0 Å². The summed E-state index contributed by atoms with van der Waals surface area (Å²) >= 11 is 1.75. The third-order valence-corrected chi connectivity index (χ3v) is 3.94. The van der Waals surface area contributed by atoms with Crippen LogP contribution in [0.15, 0.2) is 35.8 Å². The first-order valence-electron chi connectivity index (χ1n) is 5.98. The van der Waals surface area contributed by atoms with Crippen LogP contribution in [0.2, 0.25) is 0 Å². The molecule has 4 heteroatoms. The smallest absolute Gasteiger partial charge is 0.225 e. The van der Waals surface area contributed by atoms with E-state index < -0.39 is 0 Å². The highest BCUT2D eigenvalue weighted by atomic mass is 35.5. The van der Waals surface area contributed by atoms with E-state index in [4.69, 9.17) is 5.11 Å². The number of aromatic nitrogens is 1. The second-order valence-electron chi connectivity index (χ2n) is 4.03. The second kappa shape index (κ2) is 7.52. The van der Waals surface area contributed by atoms with Gasteiger partial charge in [-0.3, -0.25) is 0 Å². The van der Waals surface area contributed by atoms with Crippen molar-refractivity contribution in [2.75, 3.05) is 6.61 Å². The standard InChI is InChI=1S/C14H18NOS.ClH/c1-2-13-14(8-9-16)17-11-15(13)10-12-6-4-3-5-7-12;/h3-7,11,16H,2,8-10H2,1H3;1H/q+1;/p-1. The lowest BCUT2D eigenvalue weighted by atomic mass is 10.2. The number of aliphatic hydroxyl groups excluding tert-OH is 1. The predicted octanol–water partition coefficient (Wildman–Crippen LogP) is -0.815. The predicted molar refractivity (Wildman–Crippen MR) is 70.2 cm³/mol. The number of hydrogen-bond donors (Lipinski definition) is 1. The van der Waals surface area contributed by atoms with Crippen molar-refractivity contribution in [2.45, 2.75) is 26.3 Å². The molecule has 0 fully saturated rings. The van der Waals surface area contributed by atoms with Gasteiger partial charge in [-0.1, -0.05) is 48.6 Å². The Hall–Kier alpha value is -0.900. The van der Waals surface area contributed by atoms with Gasteiger partial charge < -0.3 is 17.5 Å². The Morgan fingerprint density at radius 2 is 1.94 bits per heavy atom. The SMILES string of the molecule is CCc1c(CCO)sc[n+]1Cc1ccccc1.[Cl-]. The van der Waals surface area contributed by atoms with Gasteiger partial charge in [-0.15, -0.1) is 0 Å². The van der Waals surface area contributed by atoms with E-state index in [1.807, 2.05) is 6.07 Å². The number of benzene rings is 1. The third-order valence-electron chi connectivity index (χ3n) is 2.86. The van der Waals surface area contributed by atoms with E-state index in [0.717, 1.165) is 19.4 Å². The average Bonchev–Trinajstić information content (AvgIpc) is 2.73. The van der Waals surface area contributed by atoms with Gasteiger partial charge in [0, 0.05) is 25.0 Å². The van der Waals surface area contributed by atoms with Crippen LogP contribution in [0.4, 0.5) is 0 Å². The van der Waals surface area contributed by atoms with Crippen LogP contribution in [0, 0.1) is 0 Å². The maximum atomic E-state index is 9.04. The average molecular weight is 284 g/mol. The largest absolute Gasteiger partial charge is 1.00 e. The molecule has 2 nitrogen and oxygen atoms in total. The Bertz CT molecular complexity index is 470. The quantitative estimate of drug-likeness (QED) is 0.713. The van der Waals surface area contributed by atoms with E-state index >= 15 is 0 Å². The first kappa shape index (κ1) is 15.2. The van der Waals surface area contributed by atoms with Crippen LogP contribution in [0.1, 0.15) is 23.1 Å². The Morgan fingerprint density at radius 1 is 1.22 bits per heavy atom. The fraction of sp³-hybridized carbons (Fsp3) is 0.357. The van der Waals surface area contributed by atoms with E-state index in [2.05, 4.69) is 41.3 Å². The topological polar surface area (TPSA) is 24.1 Å². The third kappa shape index (κ3) is 3.55. The molecule has 0 saturated heterocycles. The molecule has 2 aromatic rings. The molecule has 2 rings (SSSR count). The van der Waals surface area contributed by atoms with Crippen LogP contribution in [0.3, 0.4) is 0 Å². The lowest BCUT2D eigenvalue weighted by molar-refractivity contribution is -0.691. The molecule has 0 unspecified atom stereocenters. The molecule has 0 bridgehead atoms. The molecule has 98 valence electrons. The summed E-state index contributed by atoms with van der Waals surface area (Å²) in [5.74, 6) is 0. The first-order valence-corrected chi connectivity index (χ1v) is 6.86. The molecule has 0 spiro atoms. The van der Waals surface area contributed by atoms with E-state index in [-0.39, 0.29) is 19.0 Å². The van der Waals surface area contributed by atoms with Gasteiger partial charge in [-0.2, -0.15) is 4.57 Å².